The van der Waals surface area contributed by atoms with Crippen molar-refractivity contribution in [2.45, 2.75) is 0 Å². The van der Waals surface area contributed by atoms with Crippen LogP contribution in [-0.4, -0.2) is 21.8 Å². The molecule has 15 rings (SSSR count). The normalized spacial score (nSPS) is 12.2. The molecular formula is C66H43N3SSi. The third-order valence-corrected chi connectivity index (χ3v) is 21.1. The van der Waals surface area contributed by atoms with Gasteiger partial charge in [0.05, 0.1) is 33.1 Å². The van der Waals surface area contributed by atoms with Crippen molar-refractivity contribution in [1.29, 1.82) is 0 Å². The fourth-order valence-corrected chi connectivity index (χ4v) is 18.2. The molecule has 0 radical (unpaired) electrons. The quantitative estimate of drug-likeness (QED) is 0.112. The SMILES string of the molecule is c1ccc([Si](c2ccccc2)(c2ccccc2)c2cccc(-n3c4ccccc4c4cc(-n5c6ccccc6c6cc(-n7c8ccccc8c8c9c(ccc87)sc7ccccc79)ccc65)ccc43)c2)cc1. The van der Waals surface area contributed by atoms with E-state index in [9.17, 15) is 0 Å². The lowest BCUT2D eigenvalue weighted by Crippen LogP contribution is -2.74. The standard InChI is InChI=1S/C66H43N3SSi/c1-4-20-47(21-5-1)71(48-22-6-2-7-23-48,49-24-8-3-9-25-49)50-26-18-19-44(41-50)67-57-31-14-10-27-51(57)55-42-45(35-37-60(55)67)68-58-32-15-11-28-52(58)56-43-46(36-38-61(56)68)69-59-33-16-12-29-53(59)65-62(69)39-40-64-66(65)54-30-13-17-34-63(54)70-64/h1-43H. The van der Waals surface area contributed by atoms with Crippen molar-refractivity contribution in [1.82, 2.24) is 13.7 Å². The molecule has 0 aliphatic heterocycles. The first kappa shape index (κ1) is 40.2. The van der Waals surface area contributed by atoms with Gasteiger partial charge in [0.25, 0.3) is 0 Å². The van der Waals surface area contributed by atoms with Gasteiger partial charge in [-0.05, 0) is 106 Å². The van der Waals surface area contributed by atoms with E-state index >= 15 is 0 Å². The van der Waals surface area contributed by atoms with Crippen LogP contribution in [0.4, 0.5) is 0 Å². The minimum atomic E-state index is -2.76. The molecule has 71 heavy (non-hydrogen) atoms. The molecule has 0 saturated heterocycles. The van der Waals surface area contributed by atoms with Crippen LogP contribution in [0.2, 0.25) is 0 Å². The number of para-hydroxylation sites is 3. The summed E-state index contributed by atoms with van der Waals surface area (Å²) < 4.78 is 10.1. The second kappa shape index (κ2) is 15.6. The summed E-state index contributed by atoms with van der Waals surface area (Å²) in [5.41, 5.74) is 10.6. The van der Waals surface area contributed by atoms with E-state index < -0.39 is 8.07 Å². The van der Waals surface area contributed by atoms with Gasteiger partial charge in [-0.1, -0.05) is 176 Å². The lowest BCUT2D eigenvalue weighted by molar-refractivity contribution is 1.16. The van der Waals surface area contributed by atoms with E-state index in [2.05, 4.69) is 275 Å². The number of aromatic nitrogens is 3. The molecule has 0 fully saturated rings. The topological polar surface area (TPSA) is 14.8 Å². The third-order valence-electron chi connectivity index (χ3n) is 15.2. The number of thiophene rings is 1. The van der Waals surface area contributed by atoms with Gasteiger partial charge in [0, 0.05) is 69.6 Å². The number of fused-ring (bicyclic) bond motifs is 13. The van der Waals surface area contributed by atoms with E-state index in [1.807, 2.05) is 11.3 Å². The van der Waals surface area contributed by atoms with E-state index in [4.69, 9.17) is 0 Å². The lowest BCUT2D eigenvalue weighted by atomic mass is 10.1. The predicted octanol–water partition coefficient (Wildman–Crippen LogP) is 14.7. The fraction of sp³-hybridized carbons (Fsp3) is 0. The highest BCUT2D eigenvalue weighted by molar-refractivity contribution is 7.26. The maximum Gasteiger partial charge on any atom is 0.179 e. The van der Waals surface area contributed by atoms with E-state index in [1.165, 1.54) is 106 Å². The van der Waals surface area contributed by atoms with Crippen LogP contribution in [0.1, 0.15) is 0 Å². The second-order valence-corrected chi connectivity index (χ2v) is 23.7. The summed E-state index contributed by atoms with van der Waals surface area (Å²) in [7, 11) is -2.76. The first-order valence-corrected chi connectivity index (χ1v) is 27.2. The molecular weight excluding hydrogens is 895 g/mol. The zero-order chi connectivity index (χ0) is 46.6. The summed E-state index contributed by atoms with van der Waals surface area (Å²) in [6.45, 7) is 0. The van der Waals surface area contributed by atoms with Crippen molar-refractivity contribution in [2.75, 3.05) is 0 Å². The molecule has 11 aromatic carbocycles. The van der Waals surface area contributed by atoms with Crippen LogP contribution < -0.4 is 20.7 Å². The summed E-state index contributed by atoms with van der Waals surface area (Å²) in [5, 5.41) is 15.6. The average Bonchev–Trinajstić information content (AvgIpc) is 4.18. The van der Waals surface area contributed by atoms with Gasteiger partial charge < -0.3 is 13.7 Å². The molecule has 0 spiro atoms. The van der Waals surface area contributed by atoms with Gasteiger partial charge in [-0.3, -0.25) is 0 Å². The summed E-state index contributed by atoms with van der Waals surface area (Å²) in [6, 6.07) is 97.4. The second-order valence-electron chi connectivity index (χ2n) is 18.8. The molecule has 0 aliphatic carbocycles. The number of hydrogen-bond donors (Lipinski definition) is 0. The van der Waals surface area contributed by atoms with Crippen molar-refractivity contribution < 1.29 is 0 Å². The summed E-state index contributed by atoms with van der Waals surface area (Å²) in [5.74, 6) is 0. The van der Waals surface area contributed by atoms with E-state index in [0.29, 0.717) is 0 Å². The van der Waals surface area contributed by atoms with Gasteiger partial charge in [0.2, 0.25) is 0 Å². The Balaban J connectivity index is 0.918. The molecule has 4 heterocycles. The monoisotopic (exact) mass is 937 g/mol. The van der Waals surface area contributed by atoms with Crippen LogP contribution in [0.3, 0.4) is 0 Å². The average molecular weight is 938 g/mol. The minimum Gasteiger partial charge on any atom is -0.309 e. The number of hydrogen-bond acceptors (Lipinski definition) is 1. The largest absolute Gasteiger partial charge is 0.309 e. The molecule has 0 amide bonds. The number of rotatable bonds is 7. The molecule has 332 valence electrons. The molecule has 0 aliphatic rings. The maximum atomic E-state index is 2.48. The highest BCUT2D eigenvalue weighted by atomic mass is 32.1. The Morgan fingerprint density at radius 3 is 1.21 bits per heavy atom. The van der Waals surface area contributed by atoms with Gasteiger partial charge in [0.15, 0.2) is 8.07 Å². The van der Waals surface area contributed by atoms with Gasteiger partial charge >= 0.3 is 0 Å². The smallest absolute Gasteiger partial charge is 0.179 e. The zero-order valence-corrected chi connectivity index (χ0v) is 40.4. The summed E-state index contributed by atoms with van der Waals surface area (Å²) in [6.07, 6.45) is 0. The lowest BCUT2D eigenvalue weighted by Gasteiger charge is -2.34. The highest BCUT2D eigenvalue weighted by Gasteiger charge is 2.41. The van der Waals surface area contributed by atoms with Crippen LogP contribution >= 0.6 is 11.3 Å². The van der Waals surface area contributed by atoms with Gasteiger partial charge in [-0.25, -0.2) is 0 Å². The van der Waals surface area contributed by atoms with Crippen molar-refractivity contribution in [2.24, 2.45) is 0 Å². The number of benzene rings is 11. The molecule has 3 nitrogen and oxygen atoms in total. The number of nitrogens with zero attached hydrogens (tertiary/aromatic N) is 3. The van der Waals surface area contributed by atoms with Crippen LogP contribution in [0.5, 0.6) is 0 Å². The Kier molecular flexibility index (Phi) is 8.85. The third kappa shape index (κ3) is 5.82. The molecule has 0 N–H and O–H groups in total. The van der Waals surface area contributed by atoms with Crippen molar-refractivity contribution in [3.05, 3.63) is 261 Å². The zero-order valence-electron chi connectivity index (χ0n) is 38.6. The Labute approximate surface area is 415 Å². The van der Waals surface area contributed by atoms with Crippen LogP contribution in [0.15, 0.2) is 261 Å². The highest BCUT2D eigenvalue weighted by Crippen LogP contribution is 2.44. The van der Waals surface area contributed by atoms with Gasteiger partial charge in [-0.2, -0.15) is 0 Å². The van der Waals surface area contributed by atoms with Crippen LogP contribution in [-0.2, 0) is 0 Å². The molecule has 0 atom stereocenters. The van der Waals surface area contributed by atoms with Crippen LogP contribution in [0.25, 0.3) is 103 Å². The Morgan fingerprint density at radius 2 is 0.648 bits per heavy atom. The minimum absolute atomic E-state index is 1.14. The van der Waals surface area contributed by atoms with Crippen molar-refractivity contribution >= 4 is 126 Å². The summed E-state index contributed by atoms with van der Waals surface area (Å²) in [4.78, 5) is 0. The van der Waals surface area contributed by atoms with Gasteiger partial charge in [0.1, 0.15) is 0 Å². The molecule has 5 heteroatoms. The fourth-order valence-electron chi connectivity index (χ4n) is 12.3. The first-order chi connectivity index (χ1) is 35.2. The van der Waals surface area contributed by atoms with E-state index in [0.717, 1.165) is 17.1 Å². The Morgan fingerprint density at radius 1 is 0.239 bits per heavy atom. The van der Waals surface area contributed by atoms with E-state index in [-0.39, 0.29) is 0 Å². The molecule has 0 saturated carbocycles. The van der Waals surface area contributed by atoms with Gasteiger partial charge in [-0.15, -0.1) is 11.3 Å². The predicted molar refractivity (Wildman–Crippen MR) is 306 cm³/mol. The molecule has 4 aromatic heterocycles. The Hall–Kier alpha value is -8.74. The Bertz CT molecular complexity index is 4480. The van der Waals surface area contributed by atoms with Crippen molar-refractivity contribution in [3.8, 4) is 17.1 Å². The molecule has 0 unspecified atom stereocenters. The molecule has 15 aromatic rings. The van der Waals surface area contributed by atoms with Crippen molar-refractivity contribution in [3.63, 3.8) is 0 Å². The summed E-state index contributed by atoms with van der Waals surface area (Å²) >= 11 is 1.88. The van der Waals surface area contributed by atoms with E-state index in [1.54, 1.807) is 0 Å². The first-order valence-electron chi connectivity index (χ1n) is 24.4. The molecule has 0 bridgehead atoms. The maximum absolute atomic E-state index is 2.76. The van der Waals surface area contributed by atoms with Crippen LogP contribution in [0, 0.1) is 0 Å².